The molecule has 4 aromatic rings. The Hall–Kier alpha value is -4.19. The number of hydrogen-bond donors (Lipinski definition) is 4. The maximum Gasteiger partial charge on any atom is 0.293 e. The summed E-state index contributed by atoms with van der Waals surface area (Å²) in [6.45, 7) is 3.62. The van der Waals surface area contributed by atoms with E-state index in [0.717, 1.165) is 34.5 Å². The van der Waals surface area contributed by atoms with Gasteiger partial charge in [0.05, 0.1) is 41.3 Å². The molecule has 1 unspecified atom stereocenters. The summed E-state index contributed by atoms with van der Waals surface area (Å²) in [6.07, 6.45) is 5.89. The number of hydrogen-bond acceptors (Lipinski definition) is 9. The van der Waals surface area contributed by atoms with E-state index >= 15 is 0 Å². The van der Waals surface area contributed by atoms with Crippen molar-refractivity contribution in [1.29, 1.82) is 0 Å². The number of aromatic nitrogens is 2. The third-order valence-electron chi connectivity index (χ3n) is 8.12. The van der Waals surface area contributed by atoms with Crippen LogP contribution in [0.4, 0.5) is 28.6 Å². The third kappa shape index (κ3) is 6.01. The third-order valence-corrected chi connectivity index (χ3v) is 9.36. The molecule has 2 aromatic heterocycles. The zero-order valence-corrected chi connectivity index (χ0v) is 25.2. The Morgan fingerprint density at radius 1 is 1.21 bits per heavy atom. The lowest BCUT2D eigenvalue weighted by Crippen LogP contribution is -2.44. The number of morpholine rings is 1. The van der Waals surface area contributed by atoms with Gasteiger partial charge in [0.25, 0.3) is 11.5 Å². The topological polar surface area (TPSA) is 135 Å². The van der Waals surface area contributed by atoms with Crippen LogP contribution in [-0.4, -0.2) is 53.0 Å². The van der Waals surface area contributed by atoms with Gasteiger partial charge < -0.3 is 35.7 Å². The predicted molar refractivity (Wildman–Crippen MR) is 172 cm³/mol. The molecule has 6 rings (SSSR count). The fraction of sp³-hybridized carbons (Fsp3) is 0.344. The van der Waals surface area contributed by atoms with Crippen molar-refractivity contribution < 1.29 is 14.6 Å². The molecule has 1 atom stereocenters. The van der Waals surface area contributed by atoms with Gasteiger partial charge in [0.15, 0.2) is 5.82 Å². The Morgan fingerprint density at radius 3 is 2.84 bits per heavy atom. The molecule has 1 saturated heterocycles. The minimum Gasteiger partial charge on any atom is -0.397 e. The number of nitrogen functional groups attached to an aromatic ring is 1. The Kier molecular flexibility index (Phi) is 8.20. The summed E-state index contributed by atoms with van der Waals surface area (Å²) >= 11 is 1.59. The number of thiophene rings is 1. The first kappa shape index (κ1) is 28.9. The first-order valence-electron chi connectivity index (χ1n) is 14.5. The number of carbonyl (C=O) groups is 1. The van der Waals surface area contributed by atoms with Crippen LogP contribution in [0.3, 0.4) is 0 Å². The number of benzene rings is 2. The van der Waals surface area contributed by atoms with Gasteiger partial charge in [-0.05, 0) is 74.1 Å². The van der Waals surface area contributed by atoms with Crippen LogP contribution in [0.1, 0.15) is 38.5 Å². The van der Waals surface area contributed by atoms with Crippen molar-refractivity contribution in [2.75, 3.05) is 47.6 Å². The van der Waals surface area contributed by atoms with Crippen LogP contribution in [0.5, 0.6) is 0 Å². The van der Waals surface area contributed by atoms with Crippen molar-refractivity contribution in [3.8, 4) is 11.3 Å². The minimum absolute atomic E-state index is 0.0492. The summed E-state index contributed by atoms with van der Waals surface area (Å²) < 4.78 is 7.05. The number of nitrogens with zero attached hydrogens (tertiary/aromatic N) is 3. The Bertz CT molecular complexity index is 1710. The van der Waals surface area contributed by atoms with E-state index in [1.54, 1.807) is 30.6 Å². The first-order valence-corrected chi connectivity index (χ1v) is 15.4. The molecule has 0 radical (unpaired) electrons. The number of aliphatic hydroxyl groups is 1. The number of nitrogens with one attached hydrogen (secondary N) is 2. The van der Waals surface area contributed by atoms with Crippen molar-refractivity contribution in [2.45, 2.75) is 38.7 Å². The van der Waals surface area contributed by atoms with E-state index in [1.165, 1.54) is 27.8 Å². The standard InChI is InChI=1S/C32H36N6O4S/c1-19-23(7-5-8-25(19)36-31(40)29-14-20-6-3-4-9-28(20)43-29)26-17-37(2)32(41)30(35-26)34-21-10-11-27(24(33)15-21)38-12-13-42-22(16-38)18-39/h5,7-8,10-11,14-15,17,22,39H,3-4,6,9,12-13,16,18,33H2,1-2H3,(H,34,35)(H,36,40). The highest BCUT2D eigenvalue weighted by atomic mass is 32.1. The number of amides is 1. The average molecular weight is 601 g/mol. The van der Waals surface area contributed by atoms with Crippen molar-refractivity contribution in [3.05, 3.63) is 79.9 Å². The zero-order valence-electron chi connectivity index (χ0n) is 24.4. The van der Waals surface area contributed by atoms with Gasteiger partial charge in [0.1, 0.15) is 0 Å². The monoisotopic (exact) mass is 600 g/mol. The molecular weight excluding hydrogens is 564 g/mol. The van der Waals surface area contributed by atoms with Gasteiger partial charge in [-0.2, -0.15) is 0 Å². The van der Waals surface area contributed by atoms with Gasteiger partial charge >= 0.3 is 0 Å². The summed E-state index contributed by atoms with van der Waals surface area (Å²) in [5, 5.41) is 15.7. The molecule has 1 aliphatic carbocycles. The summed E-state index contributed by atoms with van der Waals surface area (Å²) in [5.41, 5.74) is 12.4. The molecule has 224 valence electrons. The molecule has 10 nitrogen and oxygen atoms in total. The van der Waals surface area contributed by atoms with Crippen molar-refractivity contribution >= 4 is 45.8 Å². The second-order valence-electron chi connectivity index (χ2n) is 11.1. The van der Waals surface area contributed by atoms with Crippen LogP contribution in [0.2, 0.25) is 0 Å². The average Bonchev–Trinajstić information content (AvgIpc) is 3.45. The molecule has 2 aliphatic rings. The highest BCUT2D eigenvalue weighted by Crippen LogP contribution is 2.33. The fourth-order valence-electron chi connectivity index (χ4n) is 5.76. The lowest BCUT2D eigenvalue weighted by atomic mass is 9.99. The molecule has 1 fully saturated rings. The maximum atomic E-state index is 13.2. The molecule has 0 spiro atoms. The summed E-state index contributed by atoms with van der Waals surface area (Å²) in [5.74, 6) is 0.0531. The zero-order chi connectivity index (χ0) is 30.1. The Morgan fingerprint density at radius 2 is 2.05 bits per heavy atom. The lowest BCUT2D eigenvalue weighted by molar-refractivity contribution is 0.00360. The number of aliphatic hydroxyl groups excluding tert-OH is 1. The van der Waals surface area contributed by atoms with Gasteiger partial charge in [-0.25, -0.2) is 4.98 Å². The smallest absolute Gasteiger partial charge is 0.293 e. The van der Waals surface area contributed by atoms with E-state index in [1.807, 2.05) is 43.3 Å². The number of nitrogens with two attached hydrogens (primary N) is 1. The quantitative estimate of drug-likeness (QED) is 0.228. The number of ether oxygens (including phenoxy) is 1. The van der Waals surface area contributed by atoms with Crippen molar-refractivity contribution in [3.63, 3.8) is 0 Å². The highest BCUT2D eigenvalue weighted by Gasteiger charge is 2.22. The molecule has 1 aliphatic heterocycles. The Labute approximate surface area is 254 Å². The van der Waals surface area contributed by atoms with Crippen LogP contribution >= 0.6 is 11.3 Å². The van der Waals surface area contributed by atoms with Crippen LogP contribution < -0.4 is 26.8 Å². The van der Waals surface area contributed by atoms with E-state index in [-0.39, 0.29) is 30.0 Å². The summed E-state index contributed by atoms with van der Waals surface area (Å²) in [7, 11) is 1.69. The molecule has 2 aromatic carbocycles. The summed E-state index contributed by atoms with van der Waals surface area (Å²) in [6, 6.07) is 13.2. The van der Waals surface area contributed by atoms with Gasteiger partial charge in [0, 0.05) is 48.1 Å². The molecule has 11 heteroatoms. The SMILES string of the molecule is Cc1c(NC(=O)c2cc3c(s2)CCCC3)cccc1-c1cn(C)c(=O)c(Nc2ccc(N3CCOC(CO)C3)c(N)c2)n1. The fourth-order valence-corrected chi connectivity index (χ4v) is 6.91. The maximum absolute atomic E-state index is 13.2. The van der Waals surface area contributed by atoms with Crippen LogP contribution in [0.25, 0.3) is 11.3 Å². The highest BCUT2D eigenvalue weighted by molar-refractivity contribution is 7.14. The number of fused-ring (bicyclic) bond motifs is 1. The molecule has 1 amide bonds. The van der Waals surface area contributed by atoms with Crippen molar-refractivity contribution in [2.24, 2.45) is 7.05 Å². The molecule has 0 saturated carbocycles. The molecule has 3 heterocycles. The second kappa shape index (κ2) is 12.2. The van der Waals surface area contributed by atoms with E-state index in [0.29, 0.717) is 42.5 Å². The van der Waals surface area contributed by atoms with Crippen LogP contribution in [0, 0.1) is 6.92 Å². The largest absolute Gasteiger partial charge is 0.397 e. The van der Waals surface area contributed by atoms with E-state index in [2.05, 4.69) is 15.5 Å². The summed E-state index contributed by atoms with van der Waals surface area (Å²) in [4.78, 5) is 35.1. The molecule has 43 heavy (non-hydrogen) atoms. The van der Waals surface area contributed by atoms with Gasteiger partial charge in [-0.15, -0.1) is 11.3 Å². The van der Waals surface area contributed by atoms with Gasteiger partial charge in [0.2, 0.25) is 0 Å². The molecule has 5 N–H and O–H groups in total. The normalized spacial score (nSPS) is 16.5. The van der Waals surface area contributed by atoms with Crippen LogP contribution in [0.15, 0.2) is 53.5 Å². The second-order valence-corrected chi connectivity index (χ2v) is 12.2. The molecule has 0 bridgehead atoms. The van der Waals surface area contributed by atoms with Crippen molar-refractivity contribution in [1.82, 2.24) is 9.55 Å². The van der Waals surface area contributed by atoms with E-state index in [9.17, 15) is 14.7 Å². The number of aryl methyl sites for hydroxylation is 3. The van der Waals surface area contributed by atoms with Gasteiger partial charge in [-0.3, -0.25) is 9.59 Å². The molecular formula is C32H36N6O4S. The minimum atomic E-state index is -0.283. The first-order chi connectivity index (χ1) is 20.8. The lowest BCUT2D eigenvalue weighted by Gasteiger charge is -2.34. The number of rotatable bonds is 7. The van der Waals surface area contributed by atoms with Gasteiger partial charge in [-0.1, -0.05) is 12.1 Å². The van der Waals surface area contributed by atoms with E-state index < -0.39 is 0 Å². The number of anilines is 5. The Balaban J connectivity index is 1.24. The van der Waals surface area contributed by atoms with E-state index in [4.69, 9.17) is 15.5 Å². The number of carbonyl (C=O) groups excluding carboxylic acids is 1. The predicted octanol–water partition coefficient (Wildman–Crippen LogP) is 4.47. The van der Waals surface area contributed by atoms with Crippen LogP contribution in [-0.2, 0) is 24.6 Å².